The van der Waals surface area contributed by atoms with E-state index in [1.54, 1.807) is 0 Å². The molecule has 0 spiro atoms. The van der Waals surface area contributed by atoms with Crippen LogP contribution in [0.3, 0.4) is 0 Å². The molecule has 1 N–H and O–H groups in total. The van der Waals surface area contributed by atoms with E-state index in [1.807, 2.05) is 45.0 Å². The molecular formula is C13H16N2O. The van der Waals surface area contributed by atoms with Gasteiger partial charge in [-0.3, -0.25) is 0 Å². The Bertz CT molecular complexity index is 377. The predicted octanol–water partition coefficient (Wildman–Crippen LogP) is 3.18. The lowest BCUT2D eigenvalue weighted by Crippen LogP contribution is -1.86. The van der Waals surface area contributed by atoms with Crippen LogP contribution in [-0.2, 0) is 0 Å². The zero-order valence-corrected chi connectivity index (χ0v) is 9.81. The summed E-state index contributed by atoms with van der Waals surface area (Å²) < 4.78 is 0. The largest absolute Gasteiger partial charge is 0.505 e. The molecule has 0 aliphatic carbocycles. The van der Waals surface area contributed by atoms with Crippen LogP contribution in [0.2, 0.25) is 0 Å². The minimum Gasteiger partial charge on any atom is -0.505 e. The van der Waals surface area contributed by atoms with Gasteiger partial charge in [0.1, 0.15) is 0 Å². The fraction of sp³-hybridized carbons (Fsp3) is 0.231. The molecule has 84 valence electrons. The van der Waals surface area contributed by atoms with Gasteiger partial charge in [-0.15, -0.1) is 0 Å². The van der Waals surface area contributed by atoms with Crippen LogP contribution in [0.5, 0.6) is 5.75 Å². The second-order valence-electron chi connectivity index (χ2n) is 3.13. The fourth-order valence-electron chi connectivity index (χ4n) is 1.17. The third kappa shape index (κ3) is 3.05. The monoisotopic (exact) mass is 216 g/mol. The van der Waals surface area contributed by atoms with Gasteiger partial charge in [-0.05, 0) is 6.92 Å². The highest BCUT2D eigenvalue weighted by molar-refractivity contribution is 5.55. The number of rotatable bonds is 1. The van der Waals surface area contributed by atoms with E-state index in [0.29, 0.717) is 5.82 Å². The van der Waals surface area contributed by atoms with Crippen molar-refractivity contribution in [3.05, 3.63) is 42.2 Å². The van der Waals surface area contributed by atoms with E-state index in [2.05, 4.69) is 9.97 Å². The summed E-state index contributed by atoms with van der Waals surface area (Å²) in [6.07, 6.45) is 2.78. The highest BCUT2D eigenvalue weighted by atomic mass is 16.3. The molecule has 0 amide bonds. The van der Waals surface area contributed by atoms with E-state index < -0.39 is 0 Å². The van der Waals surface area contributed by atoms with Gasteiger partial charge in [0.25, 0.3) is 0 Å². The topological polar surface area (TPSA) is 46.0 Å². The van der Waals surface area contributed by atoms with Crippen LogP contribution in [0.15, 0.2) is 36.7 Å². The minimum atomic E-state index is 0.0841. The van der Waals surface area contributed by atoms with Crippen LogP contribution in [0.25, 0.3) is 11.4 Å². The Morgan fingerprint density at radius 2 is 1.44 bits per heavy atom. The van der Waals surface area contributed by atoms with E-state index in [-0.39, 0.29) is 5.75 Å². The molecule has 0 fully saturated rings. The summed E-state index contributed by atoms with van der Waals surface area (Å²) in [4.78, 5) is 8.03. The molecule has 3 heteroatoms. The summed E-state index contributed by atoms with van der Waals surface area (Å²) >= 11 is 0. The quantitative estimate of drug-likeness (QED) is 0.796. The molecular weight excluding hydrogens is 200 g/mol. The first kappa shape index (κ1) is 12.2. The van der Waals surface area contributed by atoms with E-state index in [4.69, 9.17) is 5.11 Å². The summed E-state index contributed by atoms with van der Waals surface area (Å²) in [5.74, 6) is 0.712. The van der Waals surface area contributed by atoms with Crippen molar-refractivity contribution in [3.63, 3.8) is 0 Å². The first-order chi connectivity index (χ1) is 7.75. The standard InChI is InChI=1S/C11H10N2O.C2H6/c1-8-2-4-9(5-3-8)11-12-6-10(14)7-13-11;1-2/h2-7,14H,1H3;1-2H3. The van der Waals surface area contributed by atoms with Crippen LogP contribution >= 0.6 is 0 Å². The first-order valence-corrected chi connectivity index (χ1v) is 5.34. The SMILES string of the molecule is CC.Cc1ccc(-c2ncc(O)cn2)cc1. The number of aromatic hydroxyl groups is 1. The summed E-state index contributed by atoms with van der Waals surface area (Å²) in [6, 6.07) is 7.93. The first-order valence-electron chi connectivity index (χ1n) is 5.34. The zero-order valence-electron chi connectivity index (χ0n) is 9.81. The number of hydrogen-bond acceptors (Lipinski definition) is 3. The molecule has 0 atom stereocenters. The van der Waals surface area contributed by atoms with Crippen molar-refractivity contribution in [1.29, 1.82) is 0 Å². The molecule has 0 bridgehead atoms. The van der Waals surface area contributed by atoms with E-state index in [1.165, 1.54) is 18.0 Å². The van der Waals surface area contributed by atoms with Crippen molar-refractivity contribution >= 4 is 0 Å². The van der Waals surface area contributed by atoms with Crippen molar-refractivity contribution < 1.29 is 5.11 Å². The number of hydrogen-bond donors (Lipinski definition) is 1. The molecule has 0 saturated carbocycles. The third-order valence-electron chi connectivity index (χ3n) is 1.95. The Hall–Kier alpha value is -1.90. The number of aryl methyl sites for hydroxylation is 1. The van der Waals surface area contributed by atoms with Crippen molar-refractivity contribution in [2.45, 2.75) is 20.8 Å². The lowest BCUT2D eigenvalue weighted by molar-refractivity contribution is 0.470. The molecule has 0 saturated heterocycles. The summed E-state index contributed by atoms with van der Waals surface area (Å²) in [5, 5.41) is 9.02. The van der Waals surface area contributed by atoms with Crippen molar-refractivity contribution in [1.82, 2.24) is 9.97 Å². The average Bonchev–Trinajstić information content (AvgIpc) is 2.34. The summed E-state index contributed by atoms with van der Waals surface area (Å²) in [5.41, 5.74) is 2.16. The third-order valence-corrected chi connectivity index (χ3v) is 1.95. The normalized spacial score (nSPS) is 9.19. The molecule has 0 radical (unpaired) electrons. The maximum atomic E-state index is 9.02. The average molecular weight is 216 g/mol. The molecule has 2 aromatic rings. The van der Waals surface area contributed by atoms with Crippen molar-refractivity contribution in [3.8, 4) is 17.1 Å². The smallest absolute Gasteiger partial charge is 0.159 e. The maximum absolute atomic E-state index is 9.02. The number of benzene rings is 1. The Labute approximate surface area is 95.8 Å². The number of aromatic nitrogens is 2. The second kappa shape index (κ2) is 5.85. The van der Waals surface area contributed by atoms with Gasteiger partial charge in [-0.2, -0.15) is 0 Å². The van der Waals surface area contributed by atoms with Crippen LogP contribution in [-0.4, -0.2) is 15.1 Å². The van der Waals surface area contributed by atoms with E-state index >= 15 is 0 Å². The molecule has 16 heavy (non-hydrogen) atoms. The predicted molar refractivity (Wildman–Crippen MR) is 65.2 cm³/mol. The molecule has 1 aromatic heterocycles. The maximum Gasteiger partial charge on any atom is 0.159 e. The molecule has 2 rings (SSSR count). The number of nitrogens with zero attached hydrogens (tertiary/aromatic N) is 2. The lowest BCUT2D eigenvalue weighted by Gasteiger charge is -1.99. The van der Waals surface area contributed by atoms with Crippen LogP contribution in [0, 0.1) is 6.92 Å². The van der Waals surface area contributed by atoms with E-state index in [0.717, 1.165) is 5.56 Å². The van der Waals surface area contributed by atoms with Crippen LogP contribution in [0.1, 0.15) is 19.4 Å². The fourth-order valence-corrected chi connectivity index (χ4v) is 1.17. The minimum absolute atomic E-state index is 0.0841. The molecule has 0 aliphatic heterocycles. The van der Waals surface area contributed by atoms with Gasteiger partial charge < -0.3 is 5.11 Å². The highest BCUT2D eigenvalue weighted by Gasteiger charge is 1.99. The molecule has 0 aliphatic rings. The van der Waals surface area contributed by atoms with Gasteiger partial charge in [0, 0.05) is 5.56 Å². The highest BCUT2D eigenvalue weighted by Crippen LogP contribution is 2.15. The van der Waals surface area contributed by atoms with Gasteiger partial charge in [0.2, 0.25) is 0 Å². The Morgan fingerprint density at radius 3 is 1.94 bits per heavy atom. The van der Waals surface area contributed by atoms with E-state index in [9.17, 15) is 0 Å². The van der Waals surface area contributed by atoms with Crippen molar-refractivity contribution in [2.75, 3.05) is 0 Å². The summed E-state index contributed by atoms with van der Waals surface area (Å²) in [7, 11) is 0. The lowest BCUT2D eigenvalue weighted by atomic mass is 10.1. The van der Waals surface area contributed by atoms with Gasteiger partial charge in [-0.1, -0.05) is 43.7 Å². The van der Waals surface area contributed by atoms with Gasteiger partial charge in [-0.25, -0.2) is 9.97 Å². The second-order valence-corrected chi connectivity index (χ2v) is 3.13. The molecule has 1 aromatic carbocycles. The Balaban J connectivity index is 0.000000606. The van der Waals surface area contributed by atoms with Crippen molar-refractivity contribution in [2.24, 2.45) is 0 Å². The molecule has 3 nitrogen and oxygen atoms in total. The van der Waals surface area contributed by atoms with Crippen LogP contribution < -0.4 is 0 Å². The Morgan fingerprint density at radius 1 is 0.938 bits per heavy atom. The van der Waals surface area contributed by atoms with Gasteiger partial charge >= 0.3 is 0 Å². The molecule has 1 heterocycles. The summed E-state index contributed by atoms with van der Waals surface area (Å²) in [6.45, 7) is 6.03. The van der Waals surface area contributed by atoms with Gasteiger partial charge in [0.05, 0.1) is 12.4 Å². The Kier molecular flexibility index (Phi) is 4.45. The van der Waals surface area contributed by atoms with Gasteiger partial charge in [0.15, 0.2) is 11.6 Å². The molecule has 0 unspecified atom stereocenters. The zero-order chi connectivity index (χ0) is 12.0. The van der Waals surface area contributed by atoms with Crippen LogP contribution in [0.4, 0.5) is 0 Å².